The van der Waals surface area contributed by atoms with E-state index in [1.165, 1.54) is 18.5 Å². The number of nitrogens with zero attached hydrogens (tertiary/aromatic N) is 3. The van der Waals surface area contributed by atoms with Crippen LogP contribution in [0.4, 0.5) is 26.0 Å². The SMILES string of the molecule is CCN(c1ccccc1)c1cnc(C(=O)Nc2ccc(F)c(F)c2)cn1. The van der Waals surface area contributed by atoms with Gasteiger partial charge in [-0.25, -0.2) is 18.7 Å². The van der Waals surface area contributed by atoms with E-state index in [0.717, 1.165) is 17.8 Å². The van der Waals surface area contributed by atoms with E-state index in [1.54, 1.807) is 0 Å². The molecule has 0 aliphatic rings. The van der Waals surface area contributed by atoms with Gasteiger partial charge in [0.1, 0.15) is 5.69 Å². The number of carbonyl (C=O) groups excluding carboxylic acids is 1. The summed E-state index contributed by atoms with van der Waals surface area (Å²) in [4.78, 5) is 22.6. The predicted molar refractivity (Wildman–Crippen MR) is 95.5 cm³/mol. The number of amides is 1. The van der Waals surface area contributed by atoms with Crippen molar-refractivity contribution in [3.05, 3.63) is 78.3 Å². The summed E-state index contributed by atoms with van der Waals surface area (Å²) >= 11 is 0. The van der Waals surface area contributed by atoms with Gasteiger partial charge in [-0.2, -0.15) is 0 Å². The molecule has 7 heteroatoms. The van der Waals surface area contributed by atoms with Crippen LogP contribution in [0, 0.1) is 11.6 Å². The van der Waals surface area contributed by atoms with E-state index in [2.05, 4.69) is 15.3 Å². The minimum Gasteiger partial charge on any atom is -0.325 e. The fraction of sp³-hybridized carbons (Fsp3) is 0.105. The molecular formula is C19H16F2N4O. The van der Waals surface area contributed by atoms with Crippen LogP contribution in [-0.4, -0.2) is 22.4 Å². The van der Waals surface area contributed by atoms with Crippen LogP contribution in [0.5, 0.6) is 0 Å². The number of carbonyl (C=O) groups is 1. The van der Waals surface area contributed by atoms with E-state index in [1.807, 2.05) is 42.2 Å². The number of benzene rings is 2. The molecule has 1 N–H and O–H groups in total. The number of anilines is 3. The summed E-state index contributed by atoms with van der Waals surface area (Å²) in [6, 6.07) is 12.8. The maximum Gasteiger partial charge on any atom is 0.275 e. The van der Waals surface area contributed by atoms with E-state index in [0.29, 0.717) is 12.4 Å². The first-order chi connectivity index (χ1) is 12.6. The normalized spacial score (nSPS) is 10.4. The lowest BCUT2D eigenvalue weighted by atomic mass is 10.3. The Hall–Kier alpha value is -3.35. The lowest BCUT2D eigenvalue weighted by Gasteiger charge is -2.21. The Balaban J connectivity index is 1.76. The Morgan fingerprint density at radius 3 is 2.42 bits per heavy atom. The highest BCUT2D eigenvalue weighted by Gasteiger charge is 2.13. The number of para-hydroxylation sites is 1. The molecule has 1 heterocycles. The van der Waals surface area contributed by atoms with Crippen LogP contribution in [0.15, 0.2) is 60.9 Å². The molecular weight excluding hydrogens is 338 g/mol. The molecule has 3 rings (SSSR count). The van der Waals surface area contributed by atoms with Gasteiger partial charge in [0.2, 0.25) is 0 Å². The molecule has 0 unspecified atom stereocenters. The molecule has 0 aliphatic heterocycles. The van der Waals surface area contributed by atoms with Crippen molar-refractivity contribution in [2.24, 2.45) is 0 Å². The average Bonchev–Trinajstić information content (AvgIpc) is 2.67. The van der Waals surface area contributed by atoms with Gasteiger partial charge in [-0.1, -0.05) is 18.2 Å². The second-order valence-corrected chi connectivity index (χ2v) is 5.42. The highest BCUT2D eigenvalue weighted by Crippen LogP contribution is 2.22. The zero-order valence-corrected chi connectivity index (χ0v) is 14.0. The van der Waals surface area contributed by atoms with Gasteiger partial charge in [0.15, 0.2) is 17.5 Å². The zero-order chi connectivity index (χ0) is 18.5. The standard InChI is InChI=1S/C19H16F2N4O/c1-2-25(14-6-4-3-5-7-14)18-12-22-17(11-23-18)19(26)24-13-8-9-15(20)16(21)10-13/h3-12H,2H2,1H3,(H,24,26). The van der Waals surface area contributed by atoms with Crippen LogP contribution in [0.1, 0.15) is 17.4 Å². The third-order valence-corrected chi connectivity index (χ3v) is 3.71. The van der Waals surface area contributed by atoms with Crippen molar-refractivity contribution in [3.63, 3.8) is 0 Å². The van der Waals surface area contributed by atoms with Crippen molar-refractivity contribution in [3.8, 4) is 0 Å². The van der Waals surface area contributed by atoms with Crippen molar-refractivity contribution < 1.29 is 13.6 Å². The molecule has 0 radical (unpaired) electrons. The molecule has 5 nitrogen and oxygen atoms in total. The van der Waals surface area contributed by atoms with Gasteiger partial charge in [0.25, 0.3) is 5.91 Å². The summed E-state index contributed by atoms with van der Waals surface area (Å²) in [7, 11) is 0. The molecule has 2 aromatic carbocycles. The Labute approximate surface area is 149 Å². The quantitative estimate of drug-likeness (QED) is 0.747. The summed E-state index contributed by atoms with van der Waals surface area (Å²) in [5.41, 5.74) is 1.17. The zero-order valence-electron chi connectivity index (χ0n) is 14.0. The molecule has 3 aromatic rings. The molecule has 0 saturated carbocycles. The molecule has 0 atom stereocenters. The van der Waals surface area contributed by atoms with Gasteiger partial charge in [0.05, 0.1) is 12.4 Å². The third-order valence-electron chi connectivity index (χ3n) is 3.71. The second-order valence-electron chi connectivity index (χ2n) is 5.42. The Kier molecular flexibility index (Phi) is 5.17. The first kappa shape index (κ1) is 17.5. The predicted octanol–water partition coefficient (Wildman–Crippen LogP) is 4.17. The van der Waals surface area contributed by atoms with Crippen molar-refractivity contribution in [1.29, 1.82) is 0 Å². The largest absolute Gasteiger partial charge is 0.325 e. The monoisotopic (exact) mass is 354 g/mol. The number of hydrogen-bond acceptors (Lipinski definition) is 4. The summed E-state index contributed by atoms with van der Waals surface area (Å²) in [5.74, 6) is -1.97. The fourth-order valence-electron chi connectivity index (χ4n) is 2.43. The van der Waals surface area contributed by atoms with E-state index in [-0.39, 0.29) is 11.4 Å². The van der Waals surface area contributed by atoms with Crippen LogP contribution in [0.25, 0.3) is 0 Å². The van der Waals surface area contributed by atoms with E-state index < -0.39 is 17.5 Å². The van der Waals surface area contributed by atoms with Crippen LogP contribution in [0.3, 0.4) is 0 Å². The van der Waals surface area contributed by atoms with E-state index >= 15 is 0 Å². The summed E-state index contributed by atoms with van der Waals surface area (Å²) < 4.78 is 26.2. The number of halogens is 2. The molecule has 0 bridgehead atoms. The van der Waals surface area contributed by atoms with Crippen LogP contribution in [0.2, 0.25) is 0 Å². The molecule has 0 aliphatic carbocycles. The van der Waals surface area contributed by atoms with Gasteiger partial charge >= 0.3 is 0 Å². The summed E-state index contributed by atoms with van der Waals surface area (Å²) in [6.07, 6.45) is 2.84. The van der Waals surface area contributed by atoms with Crippen molar-refractivity contribution >= 4 is 23.1 Å². The second kappa shape index (κ2) is 7.69. The van der Waals surface area contributed by atoms with Crippen LogP contribution in [-0.2, 0) is 0 Å². The molecule has 132 valence electrons. The molecule has 1 aromatic heterocycles. The van der Waals surface area contributed by atoms with E-state index in [9.17, 15) is 13.6 Å². The maximum absolute atomic E-state index is 13.2. The van der Waals surface area contributed by atoms with Gasteiger partial charge in [-0.3, -0.25) is 4.79 Å². The minimum atomic E-state index is -1.04. The topological polar surface area (TPSA) is 58.1 Å². The maximum atomic E-state index is 13.2. The average molecular weight is 354 g/mol. The molecule has 0 fully saturated rings. The first-order valence-electron chi connectivity index (χ1n) is 7.99. The number of rotatable bonds is 5. The van der Waals surface area contributed by atoms with Crippen LogP contribution < -0.4 is 10.2 Å². The van der Waals surface area contributed by atoms with Gasteiger partial charge in [-0.15, -0.1) is 0 Å². The van der Waals surface area contributed by atoms with Gasteiger partial charge < -0.3 is 10.2 Å². The lowest BCUT2D eigenvalue weighted by molar-refractivity contribution is 0.102. The van der Waals surface area contributed by atoms with Crippen molar-refractivity contribution in [2.45, 2.75) is 6.92 Å². The fourth-order valence-corrected chi connectivity index (χ4v) is 2.43. The lowest BCUT2D eigenvalue weighted by Crippen LogP contribution is -2.19. The van der Waals surface area contributed by atoms with Crippen molar-refractivity contribution in [1.82, 2.24) is 9.97 Å². The molecule has 1 amide bonds. The Morgan fingerprint density at radius 2 is 1.81 bits per heavy atom. The Morgan fingerprint density at radius 1 is 1.04 bits per heavy atom. The van der Waals surface area contributed by atoms with Crippen molar-refractivity contribution in [2.75, 3.05) is 16.8 Å². The highest BCUT2D eigenvalue weighted by molar-refractivity contribution is 6.02. The smallest absolute Gasteiger partial charge is 0.275 e. The number of nitrogens with one attached hydrogen (secondary N) is 1. The number of aromatic nitrogens is 2. The van der Waals surface area contributed by atoms with E-state index in [4.69, 9.17) is 0 Å². The third kappa shape index (κ3) is 3.83. The van der Waals surface area contributed by atoms with Gasteiger partial charge in [0, 0.05) is 24.0 Å². The minimum absolute atomic E-state index is 0.0718. The molecule has 26 heavy (non-hydrogen) atoms. The highest BCUT2D eigenvalue weighted by atomic mass is 19.2. The Bertz CT molecular complexity index is 901. The summed E-state index contributed by atoms with van der Waals surface area (Å²) in [6.45, 7) is 2.66. The van der Waals surface area contributed by atoms with Gasteiger partial charge in [-0.05, 0) is 31.2 Å². The number of hydrogen-bond donors (Lipinski definition) is 1. The molecule has 0 saturated heterocycles. The molecule has 0 spiro atoms. The van der Waals surface area contributed by atoms with Crippen LogP contribution >= 0.6 is 0 Å². The first-order valence-corrected chi connectivity index (χ1v) is 7.99. The summed E-state index contributed by atoms with van der Waals surface area (Å²) in [5, 5.41) is 2.46.